The van der Waals surface area contributed by atoms with Crippen molar-refractivity contribution in [2.75, 3.05) is 20.3 Å². The summed E-state index contributed by atoms with van der Waals surface area (Å²) in [5.74, 6) is -0.951. The minimum Gasteiger partial charge on any atom is -0.496 e. The SMILES string of the molecule is COc1cc(CC(NC(=O)OCC2c3ccccc3-c3ccccc32)C(=O)OC(C)(C)C)ccc1C(=O)NOC1CCCCO1. The summed E-state index contributed by atoms with van der Waals surface area (Å²) >= 11 is 0. The molecule has 5 rings (SSSR count). The Labute approximate surface area is 263 Å². The number of benzene rings is 3. The lowest BCUT2D eigenvalue weighted by Crippen LogP contribution is -2.46. The lowest BCUT2D eigenvalue weighted by Gasteiger charge is -2.25. The van der Waals surface area contributed by atoms with Crippen molar-refractivity contribution in [3.63, 3.8) is 0 Å². The van der Waals surface area contributed by atoms with Gasteiger partial charge >= 0.3 is 12.1 Å². The minimum atomic E-state index is -1.06. The van der Waals surface area contributed by atoms with Gasteiger partial charge in [0.1, 0.15) is 24.0 Å². The van der Waals surface area contributed by atoms with E-state index in [-0.39, 0.29) is 30.3 Å². The molecule has 2 aliphatic rings. The summed E-state index contributed by atoms with van der Waals surface area (Å²) in [6.07, 6.45) is 1.46. The molecule has 10 nitrogen and oxygen atoms in total. The Morgan fingerprint density at radius 2 is 1.64 bits per heavy atom. The fourth-order valence-corrected chi connectivity index (χ4v) is 5.61. The summed E-state index contributed by atoms with van der Waals surface area (Å²) in [4.78, 5) is 44.6. The Morgan fingerprint density at radius 3 is 2.27 bits per heavy atom. The number of nitrogens with one attached hydrogen (secondary N) is 2. The van der Waals surface area contributed by atoms with Crippen molar-refractivity contribution < 1.29 is 38.2 Å². The molecule has 0 radical (unpaired) electrons. The van der Waals surface area contributed by atoms with Crippen LogP contribution >= 0.6 is 0 Å². The van der Waals surface area contributed by atoms with Gasteiger partial charge in [-0.3, -0.25) is 4.79 Å². The molecule has 1 aliphatic heterocycles. The Kier molecular flexibility index (Phi) is 10.0. The number of hydrogen-bond acceptors (Lipinski definition) is 8. The third-order valence-corrected chi connectivity index (χ3v) is 7.70. The third-order valence-electron chi connectivity index (χ3n) is 7.70. The number of carbonyl (C=O) groups is 3. The van der Waals surface area contributed by atoms with Gasteiger partial charge in [-0.25, -0.2) is 19.9 Å². The zero-order valence-electron chi connectivity index (χ0n) is 26.1. The van der Waals surface area contributed by atoms with E-state index in [9.17, 15) is 14.4 Å². The predicted molar refractivity (Wildman–Crippen MR) is 167 cm³/mol. The van der Waals surface area contributed by atoms with Crippen molar-refractivity contribution in [1.29, 1.82) is 0 Å². The van der Waals surface area contributed by atoms with Gasteiger partial charge in [-0.1, -0.05) is 54.6 Å². The minimum absolute atomic E-state index is 0.0732. The van der Waals surface area contributed by atoms with Crippen LogP contribution in [0.5, 0.6) is 5.75 Å². The summed E-state index contributed by atoms with van der Waals surface area (Å²) in [5.41, 5.74) is 6.94. The van der Waals surface area contributed by atoms with E-state index in [1.54, 1.807) is 39.0 Å². The number of methoxy groups -OCH3 is 1. The topological polar surface area (TPSA) is 121 Å². The van der Waals surface area contributed by atoms with Crippen molar-refractivity contribution in [3.05, 3.63) is 89.0 Å². The van der Waals surface area contributed by atoms with Gasteiger partial charge in [0.05, 0.1) is 12.7 Å². The Bertz CT molecular complexity index is 1480. The fraction of sp³-hybridized carbons (Fsp3) is 0.400. The Balaban J connectivity index is 1.26. The molecule has 0 saturated carbocycles. The van der Waals surface area contributed by atoms with E-state index in [0.717, 1.165) is 35.1 Å². The molecule has 2 N–H and O–H groups in total. The van der Waals surface area contributed by atoms with Gasteiger partial charge in [-0.2, -0.15) is 0 Å². The smallest absolute Gasteiger partial charge is 0.407 e. The van der Waals surface area contributed by atoms with E-state index in [1.165, 1.54) is 7.11 Å². The number of fused-ring (bicyclic) bond motifs is 3. The lowest BCUT2D eigenvalue weighted by atomic mass is 9.98. The van der Waals surface area contributed by atoms with Crippen LogP contribution in [0.3, 0.4) is 0 Å². The van der Waals surface area contributed by atoms with Crippen LogP contribution < -0.4 is 15.5 Å². The zero-order valence-corrected chi connectivity index (χ0v) is 26.1. The number of rotatable bonds is 10. The summed E-state index contributed by atoms with van der Waals surface area (Å²) in [6, 6.07) is 20.0. The number of amides is 2. The second-order valence-electron chi connectivity index (χ2n) is 12.1. The van der Waals surface area contributed by atoms with E-state index >= 15 is 0 Å². The maximum Gasteiger partial charge on any atom is 0.407 e. The van der Waals surface area contributed by atoms with Crippen molar-refractivity contribution in [2.24, 2.45) is 0 Å². The normalized spacial score (nSPS) is 16.6. The van der Waals surface area contributed by atoms with Crippen molar-refractivity contribution in [2.45, 2.75) is 70.3 Å². The van der Waals surface area contributed by atoms with Gasteiger partial charge < -0.3 is 24.3 Å². The van der Waals surface area contributed by atoms with Crippen LogP contribution in [0.1, 0.15) is 73.0 Å². The Morgan fingerprint density at radius 1 is 0.956 bits per heavy atom. The van der Waals surface area contributed by atoms with Gasteiger partial charge in [-0.15, -0.1) is 0 Å². The van der Waals surface area contributed by atoms with Gasteiger partial charge in [0, 0.05) is 25.4 Å². The average Bonchev–Trinajstić information content (AvgIpc) is 3.35. The number of carbonyl (C=O) groups excluding carboxylic acids is 3. The van der Waals surface area contributed by atoms with E-state index in [0.29, 0.717) is 18.6 Å². The highest BCUT2D eigenvalue weighted by molar-refractivity contribution is 5.96. The van der Waals surface area contributed by atoms with E-state index < -0.39 is 35.9 Å². The molecule has 0 aromatic heterocycles. The monoisotopic (exact) mass is 616 g/mol. The molecule has 1 heterocycles. The van der Waals surface area contributed by atoms with Crippen molar-refractivity contribution in [1.82, 2.24) is 10.8 Å². The van der Waals surface area contributed by atoms with Crippen LogP contribution in [0.4, 0.5) is 4.79 Å². The molecule has 2 atom stereocenters. The predicted octanol–water partition coefficient (Wildman–Crippen LogP) is 5.67. The number of alkyl carbamates (subject to hydrolysis) is 1. The van der Waals surface area contributed by atoms with Crippen LogP contribution in [0.15, 0.2) is 66.7 Å². The first-order chi connectivity index (χ1) is 21.6. The van der Waals surface area contributed by atoms with E-state index in [4.69, 9.17) is 23.8 Å². The highest BCUT2D eigenvalue weighted by Crippen LogP contribution is 2.44. The largest absolute Gasteiger partial charge is 0.496 e. The number of ether oxygens (including phenoxy) is 4. The zero-order chi connectivity index (χ0) is 32.0. The van der Waals surface area contributed by atoms with Crippen LogP contribution in [0.25, 0.3) is 11.1 Å². The molecule has 0 bridgehead atoms. The lowest BCUT2D eigenvalue weighted by molar-refractivity contribution is -0.186. The van der Waals surface area contributed by atoms with Gasteiger partial charge in [0.25, 0.3) is 5.91 Å². The molecule has 1 aliphatic carbocycles. The van der Waals surface area contributed by atoms with Crippen LogP contribution in [0.2, 0.25) is 0 Å². The highest BCUT2D eigenvalue weighted by atomic mass is 16.8. The average molecular weight is 617 g/mol. The molecule has 1 saturated heterocycles. The van der Waals surface area contributed by atoms with Crippen molar-refractivity contribution >= 4 is 18.0 Å². The number of esters is 1. The second kappa shape index (κ2) is 14.1. The first-order valence-corrected chi connectivity index (χ1v) is 15.2. The van der Waals surface area contributed by atoms with Crippen LogP contribution in [-0.2, 0) is 30.3 Å². The van der Waals surface area contributed by atoms with E-state index in [2.05, 4.69) is 22.9 Å². The number of hydroxylamine groups is 1. The first-order valence-electron chi connectivity index (χ1n) is 15.2. The van der Waals surface area contributed by atoms with Crippen LogP contribution in [0, 0.1) is 0 Å². The van der Waals surface area contributed by atoms with Gasteiger partial charge in [-0.05, 0) is 73.6 Å². The first kappa shape index (κ1) is 32.0. The molecule has 2 unspecified atom stereocenters. The summed E-state index contributed by atoms with van der Waals surface area (Å²) < 4.78 is 22.3. The maximum absolute atomic E-state index is 13.2. The van der Waals surface area contributed by atoms with Gasteiger partial charge in [0.15, 0.2) is 6.29 Å². The molecular weight excluding hydrogens is 576 g/mol. The third kappa shape index (κ3) is 8.01. The van der Waals surface area contributed by atoms with Gasteiger partial charge in [0.2, 0.25) is 0 Å². The molecular formula is C35H40N2O8. The highest BCUT2D eigenvalue weighted by Gasteiger charge is 2.31. The summed E-state index contributed by atoms with van der Waals surface area (Å²) in [7, 11) is 1.45. The molecule has 238 valence electrons. The van der Waals surface area contributed by atoms with Crippen molar-refractivity contribution in [3.8, 4) is 16.9 Å². The van der Waals surface area contributed by atoms with Crippen LogP contribution in [-0.4, -0.2) is 56.2 Å². The summed E-state index contributed by atoms with van der Waals surface area (Å²) in [5, 5.41) is 2.70. The Hall–Kier alpha value is -4.41. The standard InChI is InChI=1S/C35H40N2O8/c1-35(2,3)44-33(39)29(19-22-16-17-27(30(20-22)41-4)32(38)37-45-31-15-9-10-18-42-31)36-34(40)43-21-28-25-13-7-5-11-23(25)24-12-6-8-14-26(24)28/h5-8,11-14,16-17,20,28-29,31H,9-10,15,18-19,21H2,1-4H3,(H,36,40)(H,37,38). The number of hydrogen-bond donors (Lipinski definition) is 2. The summed E-state index contributed by atoms with van der Waals surface area (Å²) in [6.45, 7) is 5.96. The molecule has 1 fully saturated rings. The van der Waals surface area contributed by atoms with E-state index in [1.807, 2.05) is 36.4 Å². The molecule has 3 aromatic carbocycles. The molecule has 3 aromatic rings. The molecule has 45 heavy (non-hydrogen) atoms. The fourth-order valence-electron chi connectivity index (χ4n) is 5.61. The molecule has 0 spiro atoms. The molecule has 2 amide bonds. The maximum atomic E-state index is 13.2. The second-order valence-corrected chi connectivity index (χ2v) is 12.1. The quantitative estimate of drug-likeness (QED) is 0.221. The molecule has 10 heteroatoms.